The van der Waals surface area contributed by atoms with Crippen LogP contribution in [-0.2, 0) is 11.3 Å². The second kappa shape index (κ2) is 8.74. The zero-order valence-corrected chi connectivity index (χ0v) is 13.3. The quantitative estimate of drug-likeness (QED) is 0.840. The summed E-state index contributed by atoms with van der Waals surface area (Å²) in [4.78, 5) is 11.9. The first-order chi connectivity index (χ1) is 9.72. The van der Waals surface area contributed by atoms with Gasteiger partial charge in [-0.05, 0) is 43.6 Å². The van der Waals surface area contributed by atoms with E-state index in [9.17, 15) is 4.79 Å². The van der Waals surface area contributed by atoms with Gasteiger partial charge < -0.3 is 20.1 Å². The molecule has 1 heterocycles. The summed E-state index contributed by atoms with van der Waals surface area (Å²) in [5.74, 6) is 2.06. The van der Waals surface area contributed by atoms with Crippen molar-refractivity contribution in [2.45, 2.75) is 19.4 Å². The van der Waals surface area contributed by atoms with E-state index in [1.807, 2.05) is 18.2 Å². The third-order valence-corrected chi connectivity index (χ3v) is 3.60. The molecule has 2 N–H and O–H groups in total. The fourth-order valence-corrected chi connectivity index (χ4v) is 2.44. The zero-order valence-electron chi connectivity index (χ0n) is 12.5. The van der Waals surface area contributed by atoms with Crippen LogP contribution in [0.4, 0.5) is 0 Å². The van der Waals surface area contributed by atoms with E-state index >= 15 is 0 Å². The number of amides is 1. The van der Waals surface area contributed by atoms with Crippen LogP contribution in [0.15, 0.2) is 18.2 Å². The van der Waals surface area contributed by atoms with Crippen LogP contribution in [0.3, 0.4) is 0 Å². The highest BCUT2D eigenvalue weighted by atomic mass is 35.5. The van der Waals surface area contributed by atoms with E-state index in [0.29, 0.717) is 18.9 Å². The first-order valence-electron chi connectivity index (χ1n) is 6.91. The van der Waals surface area contributed by atoms with Crippen LogP contribution in [0, 0.1) is 5.92 Å². The fraction of sp³-hybridized carbons (Fsp3) is 0.533. The van der Waals surface area contributed by atoms with Crippen LogP contribution in [-0.4, -0.2) is 33.2 Å². The molecule has 1 saturated heterocycles. The van der Waals surface area contributed by atoms with Crippen molar-refractivity contribution < 1.29 is 14.3 Å². The molecule has 118 valence electrons. The molecule has 0 radical (unpaired) electrons. The number of hydrogen-bond acceptors (Lipinski definition) is 4. The summed E-state index contributed by atoms with van der Waals surface area (Å²) in [6.07, 6.45) is 1.66. The van der Waals surface area contributed by atoms with Crippen LogP contribution in [0.1, 0.15) is 18.4 Å². The fourth-order valence-electron chi connectivity index (χ4n) is 2.44. The van der Waals surface area contributed by atoms with Crippen LogP contribution in [0.25, 0.3) is 0 Å². The van der Waals surface area contributed by atoms with E-state index in [4.69, 9.17) is 9.47 Å². The number of carbonyl (C=O) groups is 1. The smallest absolute Gasteiger partial charge is 0.220 e. The molecular weight excluding hydrogens is 292 g/mol. The van der Waals surface area contributed by atoms with Crippen molar-refractivity contribution in [2.24, 2.45) is 5.92 Å². The van der Waals surface area contributed by atoms with Crippen molar-refractivity contribution in [1.82, 2.24) is 10.6 Å². The van der Waals surface area contributed by atoms with Crippen molar-refractivity contribution in [1.29, 1.82) is 0 Å². The van der Waals surface area contributed by atoms with Crippen molar-refractivity contribution in [3.8, 4) is 11.5 Å². The first kappa shape index (κ1) is 17.6. The molecule has 1 fully saturated rings. The van der Waals surface area contributed by atoms with Gasteiger partial charge in [0.1, 0.15) is 11.5 Å². The number of carbonyl (C=O) groups excluding carboxylic acids is 1. The molecule has 0 aromatic heterocycles. The van der Waals surface area contributed by atoms with Gasteiger partial charge in [-0.15, -0.1) is 12.4 Å². The van der Waals surface area contributed by atoms with Gasteiger partial charge in [0.15, 0.2) is 0 Å². The molecule has 1 aromatic carbocycles. The number of ether oxygens (including phenoxy) is 2. The summed E-state index contributed by atoms with van der Waals surface area (Å²) in [6, 6.07) is 5.58. The highest BCUT2D eigenvalue weighted by molar-refractivity contribution is 5.85. The second-order valence-corrected chi connectivity index (χ2v) is 5.02. The summed E-state index contributed by atoms with van der Waals surface area (Å²) in [6.45, 7) is 2.41. The average Bonchev–Trinajstić information content (AvgIpc) is 2.97. The topological polar surface area (TPSA) is 59.6 Å². The molecule has 0 spiro atoms. The van der Waals surface area contributed by atoms with Crippen molar-refractivity contribution in [2.75, 3.05) is 27.3 Å². The molecule has 2 rings (SSSR count). The van der Waals surface area contributed by atoms with Gasteiger partial charge in [0, 0.05) is 18.5 Å². The molecule has 0 bridgehead atoms. The molecule has 1 aliphatic rings. The van der Waals surface area contributed by atoms with Gasteiger partial charge in [0.05, 0.1) is 14.2 Å². The van der Waals surface area contributed by atoms with Gasteiger partial charge in [0.25, 0.3) is 0 Å². The largest absolute Gasteiger partial charge is 0.497 e. The lowest BCUT2D eigenvalue weighted by Gasteiger charge is -2.12. The summed E-state index contributed by atoms with van der Waals surface area (Å²) in [7, 11) is 3.24. The Morgan fingerprint density at radius 1 is 1.38 bits per heavy atom. The number of nitrogens with one attached hydrogen (secondary N) is 2. The Labute approximate surface area is 131 Å². The number of rotatable bonds is 6. The molecule has 1 aliphatic heterocycles. The summed E-state index contributed by atoms with van der Waals surface area (Å²) >= 11 is 0. The Balaban J connectivity index is 0.00000220. The van der Waals surface area contributed by atoms with Crippen LogP contribution >= 0.6 is 12.4 Å². The minimum atomic E-state index is 0. The number of halogens is 1. The summed E-state index contributed by atoms with van der Waals surface area (Å²) < 4.78 is 10.5. The molecule has 6 heteroatoms. The third kappa shape index (κ3) is 5.10. The van der Waals surface area contributed by atoms with Gasteiger partial charge in [-0.1, -0.05) is 0 Å². The standard InChI is InChI=1S/C15H22N2O3.ClH/c1-19-13-3-4-14(20-2)12(8-13)10-17-15(18)7-11-5-6-16-9-11;/h3-4,8,11,16H,5-7,9-10H2,1-2H3,(H,17,18);1H. The monoisotopic (exact) mass is 314 g/mol. The Bertz CT molecular complexity index is 462. The molecule has 5 nitrogen and oxygen atoms in total. The predicted molar refractivity (Wildman–Crippen MR) is 84.2 cm³/mol. The van der Waals surface area contributed by atoms with Crippen molar-refractivity contribution in [3.63, 3.8) is 0 Å². The SMILES string of the molecule is COc1ccc(OC)c(CNC(=O)CC2CCNC2)c1.Cl. The lowest BCUT2D eigenvalue weighted by molar-refractivity contribution is -0.122. The van der Waals surface area contributed by atoms with Gasteiger partial charge in [-0.2, -0.15) is 0 Å². The maximum Gasteiger partial charge on any atom is 0.220 e. The Morgan fingerprint density at radius 2 is 2.19 bits per heavy atom. The minimum Gasteiger partial charge on any atom is -0.497 e. The van der Waals surface area contributed by atoms with E-state index in [1.54, 1.807) is 14.2 Å². The highest BCUT2D eigenvalue weighted by Gasteiger charge is 2.18. The van der Waals surface area contributed by atoms with Gasteiger partial charge in [-0.3, -0.25) is 4.79 Å². The Hall–Kier alpha value is -1.46. The zero-order chi connectivity index (χ0) is 14.4. The summed E-state index contributed by atoms with van der Waals surface area (Å²) in [5, 5.41) is 6.22. The van der Waals surface area contributed by atoms with E-state index in [-0.39, 0.29) is 18.3 Å². The molecular formula is C15H23ClN2O3. The minimum absolute atomic E-state index is 0. The van der Waals surface area contributed by atoms with E-state index in [0.717, 1.165) is 36.6 Å². The molecule has 21 heavy (non-hydrogen) atoms. The van der Waals surface area contributed by atoms with Gasteiger partial charge in [0.2, 0.25) is 5.91 Å². The lowest BCUT2D eigenvalue weighted by atomic mass is 10.0. The number of hydrogen-bond donors (Lipinski definition) is 2. The second-order valence-electron chi connectivity index (χ2n) is 5.02. The normalized spacial score (nSPS) is 17.0. The van der Waals surface area contributed by atoms with Gasteiger partial charge in [-0.25, -0.2) is 0 Å². The van der Waals surface area contributed by atoms with Gasteiger partial charge >= 0.3 is 0 Å². The Kier molecular flexibility index (Phi) is 7.32. The van der Waals surface area contributed by atoms with Crippen LogP contribution in [0.2, 0.25) is 0 Å². The lowest BCUT2D eigenvalue weighted by Crippen LogP contribution is -2.26. The summed E-state index contributed by atoms with van der Waals surface area (Å²) in [5.41, 5.74) is 0.921. The highest BCUT2D eigenvalue weighted by Crippen LogP contribution is 2.23. The molecule has 1 atom stereocenters. The predicted octanol–water partition coefficient (Wildman–Crippen LogP) is 1.74. The molecule has 0 saturated carbocycles. The number of benzene rings is 1. The van der Waals surface area contributed by atoms with Crippen LogP contribution in [0.5, 0.6) is 11.5 Å². The number of methoxy groups -OCH3 is 2. The van der Waals surface area contributed by atoms with E-state index in [2.05, 4.69) is 10.6 Å². The molecule has 1 amide bonds. The Morgan fingerprint density at radius 3 is 2.81 bits per heavy atom. The van der Waals surface area contributed by atoms with Crippen molar-refractivity contribution >= 4 is 18.3 Å². The maximum absolute atomic E-state index is 11.9. The van der Waals surface area contributed by atoms with E-state index < -0.39 is 0 Å². The molecule has 1 unspecified atom stereocenters. The molecule has 1 aromatic rings. The maximum atomic E-state index is 11.9. The van der Waals surface area contributed by atoms with E-state index in [1.165, 1.54) is 0 Å². The van der Waals surface area contributed by atoms with Crippen molar-refractivity contribution in [3.05, 3.63) is 23.8 Å². The van der Waals surface area contributed by atoms with Crippen LogP contribution < -0.4 is 20.1 Å². The molecule has 0 aliphatic carbocycles. The third-order valence-electron chi connectivity index (χ3n) is 3.60. The average molecular weight is 315 g/mol. The first-order valence-corrected chi connectivity index (χ1v) is 6.91.